The van der Waals surface area contributed by atoms with Crippen molar-refractivity contribution in [1.82, 2.24) is 5.32 Å². The number of hydrogen-bond acceptors (Lipinski definition) is 3. The molecule has 0 bridgehead atoms. The first-order chi connectivity index (χ1) is 16.9. The summed E-state index contributed by atoms with van der Waals surface area (Å²) in [7, 11) is -4.21. The van der Waals surface area contributed by atoms with Gasteiger partial charge < -0.3 is 5.32 Å². The molecule has 1 amide bonds. The van der Waals surface area contributed by atoms with Gasteiger partial charge in [-0.1, -0.05) is 90.5 Å². The number of benzene rings is 4. The Balaban J connectivity index is 1.69. The van der Waals surface area contributed by atoms with Crippen LogP contribution in [-0.4, -0.2) is 20.9 Å². The molecule has 0 unspecified atom stereocenters. The Labute approximate surface area is 204 Å². The van der Waals surface area contributed by atoms with Crippen LogP contribution in [0.3, 0.4) is 0 Å². The molecule has 0 saturated heterocycles. The Hall–Kier alpha value is -3.97. The molecule has 0 aliphatic carbocycles. The lowest BCUT2D eigenvalue weighted by Crippen LogP contribution is -2.42. The van der Waals surface area contributed by atoms with Crippen LogP contribution in [0.25, 0.3) is 0 Å². The van der Waals surface area contributed by atoms with E-state index >= 15 is 0 Å². The minimum absolute atomic E-state index is 0.0332. The van der Waals surface area contributed by atoms with Crippen molar-refractivity contribution < 1.29 is 17.6 Å². The largest absolute Gasteiger partial charge is 0.344 e. The zero-order chi connectivity index (χ0) is 24.8. The average Bonchev–Trinajstić information content (AvgIpc) is 2.88. The molecule has 5 nitrogen and oxygen atoms in total. The van der Waals surface area contributed by atoms with Crippen LogP contribution in [0.2, 0.25) is 0 Å². The van der Waals surface area contributed by atoms with Gasteiger partial charge in [-0.3, -0.25) is 9.10 Å². The molecular weight excluding hydrogens is 463 g/mol. The van der Waals surface area contributed by atoms with E-state index in [2.05, 4.69) is 5.32 Å². The van der Waals surface area contributed by atoms with Gasteiger partial charge in [0.15, 0.2) is 0 Å². The first-order valence-corrected chi connectivity index (χ1v) is 12.5. The molecule has 4 aromatic carbocycles. The van der Waals surface area contributed by atoms with Gasteiger partial charge in [-0.2, -0.15) is 0 Å². The van der Waals surface area contributed by atoms with Crippen molar-refractivity contribution in [1.29, 1.82) is 0 Å². The van der Waals surface area contributed by atoms with E-state index in [-0.39, 0.29) is 10.6 Å². The summed E-state index contributed by atoms with van der Waals surface area (Å²) in [6.45, 7) is 1.38. The summed E-state index contributed by atoms with van der Waals surface area (Å²) in [5, 5.41) is 2.94. The number of nitrogens with one attached hydrogen (secondary N) is 1. The Morgan fingerprint density at radius 2 is 1.34 bits per heavy atom. The highest BCUT2D eigenvalue weighted by atomic mass is 32.2. The van der Waals surface area contributed by atoms with E-state index in [1.54, 1.807) is 18.2 Å². The number of nitrogens with zero attached hydrogens (tertiary/aromatic N) is 1. The number of rotatable bonds is 8. The fraction of sp³-hybridized carbons (Fsp3) is 0.107. The molecule has 1 N–H and O–H groups in total. The Bertz CT molecular complexity index is 1390. The van der Waals surface area contributed by atoms with Crippen molar-refractivity contribution in [2.45, 2.75) is 17.9 Å². The van der Waals surface area contributed by atoms with Crippen LogP contribution < -0.4 is 9.62 Å². The molecule has 7 heteroatoms. The lowest BCUT2D eigenvalue weighted by Gasteiger charge is -2.26. The maximum Gasteiger partial charge on any atom is 0.264 e. The summed E-state index contributed by atoms with van der Waals surface area (Å²) in [5.74, 6) is -1.31. The summed E-state index contributed by atoms with van der Waals surface area (Å²) in [4.78, 5) is 13.3. The monoisotopic (exact) mass is 488 g/mol. The molecule has 0 aliphatic rings. The summed E-state index contributed by atoms with van der Waals surface area (Å²) in [6, 6.07) is 29.8. The lowest BCUT2D eigenvalue weighted by atomic mass is 9.98. The fourth-order valence-electron chi connectivity index (χ4n) is 3.77. The molecule has 178 valence electrons. The van der Waals surface area contributed by atoms with E-state index in [0.29, 0.717) is 0 Å². The number of sulfonamides is 1. The predicted molar refractivity (Wildman–Crippen MR) is 135 cm³/mol. The van der Waals surface area contributed by atoms with Crippen LogP contribution in [0.4, 0.5) is 10.1 Å². The van der Waals surface area contributed by atoms with Gasteiger partial charge in [0.25, 0.3) is 10.0 Å². The SMILES string of the molecule is Cc1ccc([C@H](NC(=O)CN(c2ccccc2F)S(=O)(=O)c2ccccc2)c2ccccc2)cc1. The topological polar surface area (TPSA) is 66.5 Å². The zero-order valence-corrected chi connectivity index (χ0v) is 20.0. The highest BCUT2D eigenvalue weighted by Gasteiger charge is 2.30. The van der Waals surface area contributed by atoms with Gasteiger partial charge in [0.1, 0.15) is 12.4 Å². The van der Waals surface area contributed by atoms with E-state index in [4.69, 9.17) is 0 Å². The molecule has 4 rings (SSSR count). The van der Waals surface area contributed by atoms with Gasteiger partial charge in [0, 0.05) is 0 Å². The number of hydrogen-bond donors (Lipinski definition) is 1. The van der Waals surface area contributed by atoms with Gasteiger partial charge in [-0.15, -0.1) is 0 Å². The number of halogens is 1. The quantitative estimate of drug-likeness (QED) is 0.369. The van der Waals surface area contributed by atoms with Gasteiger partial charge in [-0.25, -0.2) is 12.8 Å². The molecule has 0 spiro atoms. The Kier molecular flexibility index (Phi) is 7.27. The molecule has 0 aliphatic heterocycles. The van der Waals surface area contributed by atoms with Crippen molar-refractivity contribution in [3.8, 4) is 0 Å². The second-order valence-corrected chi connectivity index (χ2v) is 9.96. The second kappa shape index (κ2) is 10.5. The normalized spacial score (nSPS) is 12.1. The standard InChI is InChI=1S/C28H25FN2O3S/c1-21-16-18-23(19-17-21)28(22-10-4-2-5-11-22)30-27(32)20-31(26-15-9-8-14-25(26)29)35(33,34)24-12-6-3-7-13-24/h2-19,28H,20H2,1H3,(H,30,32)/t28-/m1/s1. The van der Waals surface area contributed by atoms with E-state index in [1.807, 2.05) is 61.5 Å². The first-order valence-electron chi connectivity index (χ1n) is 11.1. The summed E-state index contributed by atoms with van der Waals surface area (Å²) in [5.41, 5.74) is 2.57. The number of amides is 1. The third-order valence-corrected chi connectivity index (χ3v) is 7.36. The fourth-order valence-corrected chi connectivity index (χ4v) is 5.22. The molecule has 0 fully saturated rings. The highest BCUT2D eigenvalue weighted by molar-refractivity contribution is 7.92. The molecular formula is C28H25FN2O3S. The van der Waals surface area contributed by atoms with Crippen molar-refractivity contribution in [3.63, 3.8) is 0 Å². The smallest absolute Gasteiger partial charge is 0.264 e. The molecule has 0 saturated carbocycles. The third kappa shape index (κ3) is 5.58. The zero-order valence-electron chi connectivity index (χ0n) is 19.1. The maximum atomic E-state index is 14.7. The average molecular weight is 489 g/mol. The van der Waals surface area contributed by atoms with E-state index in [1.165, 1.54) is 36.4 Å². The molecule has 4 aromatic rings. The Morgan fingerprint density at radius 3 is 1.97 bits per heavy atom. The minimum atomic E-state index is -4.21. The van der Waals surface area contributed by atoms with Gasteiger partial charge in [0.2, 0.25) is 5.91 Å². The van der Waals surface area contributed by atoms with E-state index in [9.17, 15) is 17.6 Å². The van der Waals surface area contributed by atoms with Gasteiger partial charge >= 0.3 is 0 Å². The summed E-state index contributed by atoms with van der Waals surface area (Å²) < 4.78 is 42.5. The lowest BCUT2D eigenvalue weighted by molar-refractivity contribution is -0.120. The molecule has 35 heavy (non-hydrogen) atoms. The van der Waals surface area contributed by atoms with Crippen LogP contribution in [-0.2, 0) is 14.8 Å². The van der Waals surface area contributed by atoms with Gasteiger partial charge in [-0.05, 0) is 42.3 Å². The van der Waals surface area contributed by atoms with Crippen LogP contribution in [0, 0.1) is 12.7 Å². The molecule has 1 atom stereocenters. The van der Waals surface area contributed by atoms with Crippen LogP contribution in [0.15, 0.2) is 114 Å². The molecule has 0 radical (unpaired) electrons. The number of aryl methyl sites for hydroxylation is 1. The van der Waals surface area contributed by atoms with Crippen LogP contribution >= 0.6 is 0 Å². The van der Waals surface area contributed by atoms with Crippen LogP contribution in [0.5, 0.6) is 0 Å². The van der Waals surface area contributed by atoms with Crippen molar-refractivity contribution in [2.24, 2.45) is 0 Å². The van der Waals surface area contributed by atoms with Crippen molar-refractivity contribution in [3.05, 3.63) is 132 Å². The second-order valence-electron chi connectivity index (χ2n) is 8.10. The number of para-hydroxylation sites is 1. The van der Waals surface area contributed by atoms with E-state index < -0.39 is 34.3 Å². The first kappa shape index (κ1) is 24.2. The van der Waals surface area contributed by atoms with Crippen molar-refractivity contribution in [2.75, 3.05) is 10.8 Å². The predicted octanol–water partition coefficient (Wildman–Crippen LogP) is 5.24. The molecule has 0 heterocycles. The number of carbonyl (C=O) groups is 1. The molecule has 0 aromatic heterocycles. The number of carbonyl (C=O) groups excluding carboxylic acids is 1. The van der Waals surface area contributed by atoms with Crippen molar-refractivity contribution >= 4 is 21.6 Å². The minimum Gasteiger partial charge on any atom is -0.344 e. The third-order valence-electron chi connectivity index (χ3n) is 5.59. The highest BCUT2D eigenvalue weighted by Crippen LogP contribution is 2.27. The van der Waals surface area contributed by atoms with E-state index in [0.717, 1.165) is 21.0 Å². The summed E-state index contributed by atoms with van der Waals surface area (Å²) in [6.07, 6.45) is 0. The maximum absolute atomic E-state index is 14.7. The summed E-state index contributed by atoms with van der Waals surface area (Å²) >= 11 is 0. The Morgan fingerprint density at radius 1 is 0.800 bits per heavy atom. The van der Waals surface area contributed by atoms with Crippen LogP contribution in [0.1, 0.15) is 22.7 Å². The van der Waals surface area contributed by atoms with Gasteiger partial charge in [0.05, 0.1) is 16.6 Å². The number of anilines is 1.